The molecule has 3 aromatic rings. The van der Waals surface area contributed by atoms with Gasteiger partial charge in [-0.1, -0.05) is 30.3 Å². The normalized spacial score (nSPS) is 11.5. The Labute approximate surface area is 146 Å². The number of halogens is 3. The molecule has 0 spiro atoms. The monoisotopic (exact) mass is 362 g/mol. The van der Waals surface area contributed by atoms with Gasteiger partial charge >= 0.3 is 11.9 Å². The van der Waals surface area contributed by atoms with E-state index in [0.29, 0.717) is 11.3 Å². The topological polar surface area (TPSA) is 34.9 Å². The first-order chi connectivity index (χ1) is 11.9. The summed E-state index contributed by atoms with van der Waals surface area (Å²) in [4.78, 5) is 16.5. The number of rotatable bonds is 3. The minimum absolute atomic E-state index is 0.145. The predicted octanol–water partition coefficient (Wildman–Crippen LogP) is 4.64. The van der Waals surface area contributed by atoms with Gasteiger partial charge in [0.15, 0.2) is 5.69 Å². The summed E-state index contributed by atoms with van der Waals surface area (Å²) in [6, 6.07) is 16.4. The highest BCUT2D eigenvalue weighted by Gasteiger charge is 2.34. The van der Waals surface area contributed by atoms with E-state index < -0.39 is 17.6 Å². The highest BCUT2D eigenvalue weighted by molar-refractivity contribution is 7.98. The SMILES string of the molecule is CSc1ccc(-c2cc(C(F)(F)F)nc(=O)n2-c2ccccc2)cc1. The first kappa shape index (κ1) is 17.3. The third-order valence-electron chi connectivity index (χ3n) is 3.61. The van der Waals surface area contributed by atoms with Crippen molar-refractivity contribution in [1.29, 1.82) is 0 Å². The molecule has 0 N–H and O–H groups in total. The molecule has 0 radical (unpaired) electrons. The second kappa shape index (κ2) is 6.76. The largest absolute Gasteiger partial charge is 0.433 e. The van der Waals surface area contributed by atoms with Gasteiger partial charge in [-0.3, -0.25) is 4.57 Å². The molecule has 0 saturated carbocycles. The van der Waals surface area contributed by atoms with Gasteiger partial charge in [0.2, 0.25) is 0 Å². The van der Waals surface area contributed by atoms with Crippen molar-refractivity contribution in [1.82, 2.24) is 9.55 Å². The average molecular weight is 362 g/mol. The first-order valence-electron chi connectivity index (χ1n) is 7.31. The van der Waals surface area contributed by atoms with Crippen molar-refractivity contribution >= 4 is 11.8 Å². The van der Waals surface area contributed by atoms with E-state index in [1.807, 2.05) is 6.26 Å². The fraction of sp³-hybridized carbons (Fsp3) is 0.111. The van der Waals surface area contributed by atoms with Gasteiger partial charge in [-0.2, -0.15) is 18.2 Å². The molecule has 0 amide bonds. The lowest BCUT2D eigenvalue weighted by atomic mass is 10.1. The maximum atomic E-state index is 13.1. The number of thioether (sulfide) groups is 1. The van der Waals surface area contributed by atoms with Crippen LogP contribution >= 0.6 is 11.8 Å². The summed E-state index contributed by atoms with van der Waals surface area (Å²) < 4.78 is 40.5. The summed E-state index contributed by atoms with van der Waals surface area (Å²) in [5, 5.41) is 0. The molecule has 25 heavy (non-hydrogen) atoms. The fourth-order valence-electron chi connectivity index (χ4n) is 2.43. The van der Waals surface area contributed by atoms with Crippen LogP contribution in [0.4, 0.5) is 13.2 Å². The van der Waals surface area contributed by atoms with Crippen LogP contribution < -0.4 is 5.69 Å². The Bertz CT molecular complexity index is 935. The fourth-order valence-corrected chi connectivity index (χ4v) is 2.84. The highest BCUT2D eigenvalue weighted by Crippen LogP contribution is 2.31. The van der Waals surface area contributed by atoms with Gasteiger partial charge in [0.1, 0.15) is 0 Å². The van der Waals surface area contributed by atoms with Crippen molar-refractivity contribution in [3.05, 3.63) is 76.8 Å². The molecule has 0 saturated heterocycles. The smallest absolute Gasteiger partial charge is 0.261 e. The number of aromatic nitrogens is 2. The summed E-state index contributed by atoms with van der Waals surface area (Å²) in [6.45, 7) is 0. The minimum atomic E-state index is -4.69. The van der Waals surface area contributed by atoms with Crippen molar-refractivity contribution in [2.24, 2.45) is 0 Å². The first-order valence-corrected chi connectivity index (χ1v) is 8.54. The Morgan fingerprint density at radius 1 is 1.00 bits per heavy atom. The Hall–Kier alpha value is -2.54. The van der Waals surface area contributed by atoms with E-state index in [1.54, 1.807) is 54.6 Å². The second-order valence-corrected chi connectivity index (χ2v) is 6.09. The zero-order chi connectivity index (χ0) is 18.0. The maximum Gasteiger partial charge on any atom is 0.433 e. The van der Waals surface area contributed by atoms with Crippen LogP contribution in [0.25, 0.3) is 16.9 Å². The molecule has 2 aromatic carbocycles. The molecule has 128 valence electrons. The molecule has 0 fully saturated rings. The molecule has 3 rings (SSSR count). The summed E-state index contributed by atoms with van der Waals surface area (Å²) in [6.07, 6.45) is -2.79. The molecule has 3 nitrogen and oxygen atoms in total. The molecule has 1 heterocycles. The number of nitrogens with zero attached hydrogens (tertiary/aromatic N) is 2. The van der Waals surface area contributed by atoms with Gasteiger partial charge in [-0.25, -0.2) is 4.79 Å². The van der Waals surface area contributed by atoms with E-state index in [9.17, 15) is 18.0 Å². The molecule has 1 aromatic heterocycles. The van der Waals surface area contributed by atoms with Crippen LogP contribution in [0.2, 0.25) is 0 Å². The van der Waals surface area contributed by atoms with E-state index in [4.69, 9.17) is 0 Å². The molecule has 0 aliphatic heterocycles. The van der Waals surface area contributed by atoms with E-state index >= 15 is 0 Å². The van der Waals surface area contributed by atoms with Crippen LogP contribution in [0.5, 0.6) is 0 Å². The molecule has 0 atom stereocenters. The lowest BCUT2D eigenvalue weighted by Gasteiger charge is -2.15. The zero-order valence-corrected chi connectivity index (χ0v) is 13.9. The third kappa shape index (κ3) is 3.61. The Balaban J connectivity index is 2.28. The van der Waals surface area contributed by atoms with Crippen LogP contribution in [-0.2, 0) is 6.18 Å². The Morgan fingerprint density at radius 3 is 2.20 bits per heavy atom. The number of para-hydroxylation sites is 1. The number of alkyl halides is 3. The lowest BCUT2D eigenvalue weighted by molar-refractivity contribution is -0.141. The van der Waals surface area contributed by atoms with Crippen LogP contribution in [-0.4, -0.2) is 15.8 Å². The van der Waals surface area contributed by atoms with Gasteiger partial charge in [-0.15, -0.1) is 11.8 Å². The lowest BCUT2D eigenvalue weighted by Crippen LogP contribution is -2.27. The summed E-state index contributed by atoms with van der Waals surface area (Å²) in [7, 11) is 0. The minimum Gasteiger partial charge on any atom is -0.261 e. The van der Waals surface area contributed by atoms with Crippen molar-refractivity contribution in [2.45, 2.75) is 11.1 Å². The zero-order valence-electron chi connectivity index (χ0n) is 13.1. The molecule has 0 aliphatic rings. The van der Waals surface area contributed by atoms with Crippen LogP contribution in [0.15, 0.2) is 70.4 Å². The molecule has 0 aliphatic carbocycles. The predicted molar refractivity (Wildman–Crippen MR) is 92.1 cm³/mol. The highest BCUT2D eigenvalue weighted by atomic mass is 32.2. The van der Waals surface area contributed by atoms with Crippen LogP contribution in [0.1, 0.15) is 5.69 Å². The third-order valence-corrected chi connectivity index (χ3v) is 4.36. The van der Waals surface area contributed by atoms with Crippen molar-refractivity contribution in [3.63, 3.8) is 0 Å². The quantitative estimate of drug-likeness (QED) is 0.637. The van der Waals surface area contributed by atoms with E-state index in [2.05, 4.69) is 4.98 Å². The van der Waals surface area contributed by atoms with Gasteiger partial charge in [0.25, 0.3) is 0 Å². The van der Waals surface area contributed by atoms with E-state index in [0.717, 1.165) is 11.0 Å². The molecule has 7 heteroatoms. The maximum absolute atomic E-state index is 13.1. The Morgan fingerprint density at radius 2 is 1.64 bits per heavy atom. The number of hydrogen-bond donors (Lipinski definition) is 0. The number of benzene rings is 2. The van der Waals surface area contributed by atoms with Crippen molar-refractivity contribution in [2.75, 3.05) is 6.26 Å². The summed E-state index contributed by atoms with van der Waals surface area (Å²) in [5.41, 5.74) is -1.06. The van der Waals surface area contributed by atoms with Gasteiger partial charge in [0.05, 0.1) is 11.4 Å². The van der Waals surface area contributed by atoms with Gasteiger partial charge in [0, 0.05) is 4.90 Å². The van der Waals surface area contributed by atoms with E-state index in [-0.39, 0.29) is 5.69 Å². The molecular weight excluding hydrogens is 349 g/mol. The second-order valence-electron chi connectivity index (χ2n) is 5.21. The van der Waals surface area contributed by atoms with Gasteiger partial charge < -0.3 is 0 Å². The molecule has 0 bridgehead atoms. The standard InChI is InChI=1S/C18H13F3N2OS/c1-25-14-9-7-12(8-10-14)15-11-16(18(19,20)21)22-17(24)23(15)13-5-3-2-4-6-13/h2-11H,1H3. The molecular formula is C18H13F3N2OS. The number of hydrogen-bond acceptors (Lipinski definition) is 3. The summed E-state index contributed by atoms with van der Waals surface area (Å²) in [5.74, 6) is 0. The van der Waals surface area contributed by atoms with E-state index in [1.165, 1.54) is 16.3 Å². The average Bonchev–Trinajstić information content (AvgIpc) is 2.61. The molecule has 0 unspecified atom stereocenters. The summed E-state index contributed by atoms with van der Waals surface area (Å²) >= 11 is 1.52. The van der Waals surface area contributed by atoms with Gasteiger partial charge in [-0.05, 0) is 42.2 Å². The van der Waals surface area contributed by atoms with Crippen LogP contribution in [0.3, 0.4) is 0 Å². The van der Waals surface area contributed by atoms with Crippen LogP contribution in [0, 0.1) is 0 Å². The van der Waals surface area contributed by atoms with Crippen molar-refractivity contribution < 1.29 is 13.2 Å². The Kier molecular flexibility index (Phi) is 4.67. The van der Waals surface area contributed by atoms with Crippen molar-refractivity contribution in [3.8, 4) is 16.9 Å².